The third kappa shape index (κ3) is 2.18. The van der Waals surface area contributed by atoms with Gasteiger partial charge in [-0.3, -0.25) is 0 Å². The highest BCUT2D eigenvalue weighted by Gasteiger charge is 2.30. The summed E-state index contributed by atoms with van der Waals surface area (Å²) in [4.78, 5) is 0. The summed E-state index contributed by atoms with van der Waals surface area (Å²) in [6.45, 7) is 4.59. The lowest BCUT2D eigenvalue weighted by molar-refractivity contribution is 0.612. The maximum atomic E-state index is 2.36. The monoisotopic (exact) mass is 264 g/mol. The van der Waals surface area contributed by atoms with Crippen LogP contribution in [-0.2, 0) is 0 Å². The maximum absolute atomic E-state index is 2.36. The number of fused-ring (bicyclic) bond motifs is 2. The van der Waals surface area contributed by atoms with Crippen LogP contribution >= 0.6 is 0 Å². The van der Waals surface area contributed by atoms with E-state index in [-0.39, 0.29) is 0 Å². The first-order valence-corrected chi connectivity index (χ1v) is 8.04. The summed E-state index contributed by atoms with van der Waals surface area (Å²) in [7, 11) is 0. The lowest BCUT2D eigenvalue weighted by Crippen LogP contribution is -2.18. The molecule has 0 atom stereocenters. The van der Waals surface area contributed by atoms with Crippen LogP contribution in [0.4, 0.5) is 0 Å². The predicted molar refractivity (Wildman–Crippen MR) is 86.4 cm³/mol. The van der Waals surface area contributed by atoms with E-state index < -0.39 is 0 Å². The molecule has 2 aromatic carbocycles. The van der Waals surface area contributed by atoms with Crippen molar-refractivity contribution in [2.45, 2.75) is 51.4 Å². The summed E-state index contributed by atoms with van der Waals surface area (Å²) < 4.78 is 0. The van der Waals surface area contributed by atoms with Crippen molar-refractivity contribution in [1.82, 2.24) is 0 Å². The Labute approximate surface area is 122 Å². The van der Waals surface area contributed by atoms with Crippen molar-refractivity contribution in [2.75, 3.05) is 0 Å². The standard InChI is InChI=1S/C20H24/c1-3-9-15-17-11-5-7-13-19(17)16(10-4-2)20-14-8-6-12-18(15)20/h5-8,11-16H,3-4,9-10H2,1-2H3. The molecule has 0 spiro atoms. The second-order valence-corrected chi connectivity index (χ2v) is 5.94. The molecule has 3 rings (SSSR count). The van der Waals surface area contributed by atoms with E-state index in [0.717, 1.165) is 0 Å². The Hall–Kier alpha value is -1.56. The van der Waals surface area contributed by atoms with Crippen LogP contribution in [0, 0.1) is 0 Å². The fourth-order valence-corrected chi connectivity index (χ4v) is 3.83. The van der Waals surface area contributed by atoms with Gasteiger partial charge in [-0.15, -0.1) is 0 Å². The Morgan fingerprint density at radius 1 is 0.600 bits per heavy atom. The summed E-state index contributed by atoms with van der Waals surface area (Å²) in [5.74, 6) is 1.20. The van der Waals surface area contributed by atoms with Crippen molar-refractivity contribution in [3.05, 3.63) is 70.8 Å². The molecule has 0 unspecified atom stereocenters. The predicted octanol–water partition coefficient (Wildman–Crippen LogP) is 5.86. The minimum absolute atomic E-state index is 0.598. The van der Waals surface area contributed by atoms with Crippen molar-refractivity contribution in [3.63, 3.8) is 0 Å². The molecular formula is C20H24. The molecular weight excluding hydrogens is 240 g/mol. The SMILES string of the molecule is CCCC1c2ccccc2C(CCC)c2ccccc21. The lowest BCUT2D eigenvalue weighted by Gasteiger charge is -2.34. The van der Waals surface area contributed by atoms with Gasteiger partial charge in [0, 0.05) is 11.8 Å². The second-order valence-electron chi connectivity index (χ2n) is 5.94. The van der Waals surface area contributed by atoms with Gasteiger partial charge in [-0.1, -0.05) is 75.2 Å². The van der Waals surface area contributed by atoms with Crippen molar-refractivity contribution in [2.24, 2.45) is 0 Å². The van der Waals surface area contributed by atoms with Gasteiger partial charge in [0.15, 0.2) is 0 Å². The molecule has 104 valence electrons. The zero-order chi connectivity index (χ0) is 13.9. The maximum Gasteiger partial charge on any atom is 0.00951 e. The third-order valence-corrected chi connectivity index (χ3v) is 4.65. The Bertz CT molecular complexity index is 483. The van der Waals surface area contributed by atoms with Crippen molar-refractivity contribution in [1.29, 1.82) is 0 Å². The van der Waals surface area contributed by atoms with Crippen LogP contribution in [0.2, 0.25) is 0 Å². The molecule has 0 N–H and O–H groups in total. The van der Waals surface area contributed by atoms with E-state index >= 15 is 0 Å². The fourth-order valence-electron chi connectivity index (χ4n) is 3.83. The zero-order valence-corrected chi connectivity index (χ0v) is 12.6. The van der Waals surface area contributed by atoms with Gasteiger partial charge in [-0.05, 0) is 35.1 Å². The number of hydrogen-bond donors (Lipinski definition) is 0. The molecule has 0 heterocycles. The van der Waals surface area contributed by atoms with Crippen LogP contribution in [0.5, 0.6) is 0 Å². The lowest BCUT2D eigenvalue weighted by atomic mass is 9.70. The first-order chi connectivity index (χ1) is 9.86. The van der Waals surface area contributed by atoms with Gasteiger partial charge in [0.05, 0.1) is 0 Å². The highest BCUT2D eigenvalue weighted by atomic mass is 14.3. The van der Waals surface area contributed by atoms with Gasteiger partial charge in [-0.25, -0.2) is 0 Å². The van der Waals surface area contributed by atoms with Gasteiger partial charge < -0.3 is 0 Å². The molecule has 0 aliphatic heterocycles. The third-order valence-electron chi connectivity index (χ3n) is 4.65. The summed E-state index contributed by atoms with van der Waals surface area (Å²) in [6, 6.07) is 18.2. The van der Waals surface area contributed by atoms with Gasteiger partial charge >= 0.3 is 0 Å². The Morgan fingerprint density at radius 3 is 1.15 bits per heavy atom. The van der Waals surface area contributed by atoms with E-state index in [9.17, 15) is 0 Å². The number of benzene rings is 2. The molecule has 0 nitrogen and oxygen atoms in total. The normalized spacial score (nSPS) is 20.3. The Morgan fingerprint density at radius 2 is 0.900 bits per heavy atom. The van der Waals surface area contributed by atoms with Crippen LogP contribution in [0.3, 0.4) is 0 Å². The highest BCUT2D eigenvalue weighted by Crippen LogP contribution is 2.46. The van der Waals surface area contributed by atoms with Gasteiger partial charge in [0.1, 0.15) is 0 Å². The summed E-state index contributed by atoms with van der Waals surface area (Å²) in [6.07, 6.45) is 5.00. The average molecular weight is 264 g/mol. The van der Waals surface area contributed by atoms with E-state index in [2.05, 4.69) is 62.4 Å². The first kappa shape index (κ1) is 13.4. The number of rotatable bonds is 4. The van der Waals surface area contributed by atoms with Crippen molar-refractivity contribution >= 4 is 0 Å². The molecule has 0 saturated heterocycles. The molecule has 0 amide bonds. The molecule has 0 heteroatoms. The topological polar surface area (TPSA) is 0 Å². The average Bonchev–Trinajstić information content (AvgIpc) is 2.50. The molecule has 0 radical (unpaired) electrons. The smallest absolute Gasteiger partial charge is 0.00951 e. The van der Waals surface area contributed by atoms with E-state index in [0.29, 0.717) is 11.8 Å². The number of hydrogen-bond acceptors (Lipinski definition) is 0. The molecule has 0 saturated carbocycles. The van der Waals surface area contributed by atoms with E-state index in [4.69, 9.17) is 0 Å². The van der Waals surface area contributed by atoms with Crippen molar-refractivity contribution < 1.29 is 0 Å². The van der Waals surface area contributed by atoms with Crippen LogP contribution in [0.1, 0.15) is 73.6 Å². The van der Waals surface area contributed by atoms with Gasteiger partial charge in [0.25, 0.3) is 0 Å². The second kappa shape index (κ2) is 5.83. The van der Waals surface area contributed by atoms with Crippen LogP contribution in [0.25, 0.3) is 0 Å². The van der Waals surface area contributed by atoms with Crippen LogP contribution in [-0.4, -0.2) is 0 Å². The minimum Gasteiger partial charge on any atom is -0.0653 e. The molecule has 1 aliphatic carbocycles. The van der Waals surface area contributed by atoms with Crippen molar-refractivity contribution in [3.8, 4) is 0 Å². The molecule has 0 fully saturated rings. The van der Waals surface area contributed by atoms with Gasteiger partial charge in [0.2, 0.25) is 0 Å². The molecule has 20 heavy (non-hydrogen) atoms. The molecule has 2 aromatic rings. The molecule has 0 aromatic heterocycles. The quantitative estimate of drug-likeness (QED) is 0.648. The highest BCUT2D eigenvalue weighted by molar-refractivity contribution is 5.52. The Kier molecular flexibility index (Phi) is 3.91. The first-order valence-electron chi connectivity index (χ1n) is 8.04. The van der Waals surface area contributed by atoms with E-state index in [1.54, 1.807) is 22.3 Å². The molecule has 0 bridgehead atoms. The molecule has 1 aliphatic rings. The largest absolute Gasteiger partial charge is 0.0653 e. The zero-order valence-electron chi connectivity index (χ0n) is 12.6. The fraction of sp³-hybridized carbons (Fsp3) is 0.400. The summed E-state index contributed by atoms with van der Waals surface area (Å²) >= 11 is 0. The van der Waals surface area contributed by atoms with E-state index in [1.807, 2.05) is 0 Å². The van der Waals surface area contributed by atoms with Crippen LogP contribution in [0.15, 0.2) is 48.5 Å². The van der Waals surface area contributed by atoms with Gasteiger partial charge in [-0.2, -0.15) is 0 Å². The minimum atomic E-state index is 0.598. The van der Waals surface area contributed by atoms with E-state index in [1.165, 1.54) is 25.7 Å². The van der Waals surface area contributed by atoms with Crippen LogP contribution < -0.4 is 0 Å². The summed E-state index contributed by atoms with van der Waals surface area (Å²) in [5.41, 5.74) is 6.30. The summed E-state index contributed by atoms with van der Waals surface area (Å²) in [5, 5.41) is 0. The Balaban J connectivity index is 2.17.